The predicted octanol–water partition coefficient (Wildman–Crippen LogP) is 6.50. The second kappa shape index (κ2) is 17.5. The van der Waals surface area contributed by atoms with Crippen molar-refractivity contribution in [3.05, 3.63) is 128 Å². The highest BCUT2D eigenvalue weighted by molar-refractivity contribution is 6.35. The minimum absolute atomic E-state index is 0.0827. The van der Waals surface area contributed by atoms with Gasteiger partial charge in [0.2, 0.25) is 0 Å². The SMILES string of the molecule is COc1ccc([C@H](Cc2c(Cl)c[n+]([O-])cc2Cl)OC(=O)c2cccc(CNC(C(=O)OCC3CCN(C)CC3)c3ccccc3)c2)cc1OC. The van der Waals surface area contributed by atoms with Gasteiger partial charge < -0.3 is 29.1 Å². The normalized spacial score (nSPS) is 14.8. The van der Waals surface area contributed by atoms with Gasteiger partial charge in [-0.05, 0) is 79.9 Å². The first-order valence-corrected chi connectivity index (χ1v) is 17.1. The van der Waals surface area contributed by atoms with E-state index in [9.17, 15) is 14.8 Å². The highest BCUT2D eigenvalue weighted by Crippen LogP contribution is 2.35. The maximum absolute atomic E-state index is 13.7. The number of halogens is 2. The lowest BCUT2D eigenvalue weighted by atomic mass is 9.98. The van der Waals surface area contributed by atoms with Crippen LogP contribution >= 0.6 is 23.2 Å². The average Bonchev–Trinajstić information content (AvgIpc) is 3.12. The van der Waals surface area contributed by atoms with Gasteiger partial charge in [0.15, 0.2) is 23.9 Å². The maximum atomic E-state index is 13.7. The van der Waals surface area contributed by atoms with E-state index in [0.717, 1.165) is 37.1 Å². The van der Waals surface area contributed by atoms with E-state index in [1.54, 1.807) is 36.4 Å². The van der Waals surface area contributed by atoms with Gasteiger partial charge in [0.05, 0.1) is 26.4 Å². The van der Waals surface area contributed by atoms with Gasteiger partial charge in [0, 0.05) is 18.5 Å². The minimum atomic E-state index is -0.858. The molecule has 1 aliphatic heterocycles. The summed E-state index contributed by atoms with van der Waals surface area (Å²) in [5, 5.41) is 15.5. The number of esters is 2. The van der Waals surface area contributed by atoms with Crippen molar-refractivity contribution in [3.8, 4) is 11.5 Å². The maximum Gasteiger partial charge on any atom is 0.338 e. The number of benzene rings is 3. The quantitative estimate of drug-likeness (QED) is 0.0886. The Morgan fingerprint density at radius 2 is 1.62 bits per heavy atom. The van der Waals surface area contributed by atoms with E-state index >= 15 is 0 Å². The van der Waals surface area contributed by atoms with Gasteiger partial charge in [-0.1, -0.05) is 71.7 Å². The Balaban J connectivity index is 1.32. The summed E-state index contributed by atoms with van der Waals surface area (Å²) >= 11 is 12.8. The number of hydrogen-bond donors (Lipinski definition) is 1. The molecule has 3 aromatic carbocycles. The molecule has 1 aliphatic rings. The summed E-state index contributed by atoms with van der Waals surface area (Å²) in [5.74, 6) is 0.355. The van der Waals surface area contributed by atoms with Crippen molar-refractivity contribution in [1.29, 1.82) is 0 Å². The second-order valence-electron chi connectivity index (χ2n) is 12.3. The molecule has 264 valence electrons. The number of methoxy groups -OCH3 is 2. The summed E-state index contributed by atoms with van der Waals surface area (Å²) in [5.41, 5.74) is 2.90. The highest BCUT2D eigenvalue weighted by atomic mass is 35.5. The van der Waals surface area contributed by atoms with Crippen LogP contribution in [0.5, 0.6) is 11.5 Å². The Morgan fingerprint density at radius 1 is 0.920 bits per heavy atom. The van der Waals surface area contributed by atoms with Crippen molar-refractivity contribution >= 4 is 35.1 Å². The molecule has 0 spiro atoms. The van der Waals surface area contributed by atoms with E-state index in [2.05, 4.69) is 17.3 Å². The summed E-state index contributed by atoms with van der Waals surface area (Å²) in [6, 6.07) is 20.9. The van der Waals surface area contributed by atoms with Crippen molar-refractivity contribution in [2.45, 2.75) is 38.0 Å². The molecule has 0 radical (unpaired) electrons. The lowest BCUT2D eigenvalue weighted by Crippen LogP contribution is -2.34. The molecule has 2 heterocycles. The zero-order chi connectivity index (χ0) is 35.6. The molecule has 50 heavy (non-hydrogen) atoms. The van der Waals surface area contributed by atoms with Crippen molar-refractivity contribution in [2.24, 2.45) is 5.92 Å². The summed E-state index contributed by atoms with van der Waals surface area (Å²) in [6.45, 7) is 2.65. The molecule has 10 nitrogen and oxygen atoms in total. The number of carbonyl (C=O) groups excluding carboxylic acids is 2. The van der Waals surface area contributed by atoms with Crippen LogP contribution in [0, 0.1) is 11.1 Å². The van der Waals surface area contributed by atoms with Gasteiger partial charge in [-0.2, -0.15) is 4.73 Å². The first-order valence-electron chi connectivity index (χ1n) is 16.4. The first kappa shape index (κ1) is 36.9. The van der Waals surface area contributed by atoms with Gasteiger partial charge in [-0.25, -0.2) is 9.59 Å². The minimum Gasteiger partial charge on any atom is -0.619 e. The number of ether oxygens (including phenoxy) is 4. The van der Waals surface area contributed by atoms with E-state index < -0.39 is 18.1 Å². The highest BCUT2D eigenvalue weighted by Gasteiger charge is 2.26. The first-order chi connectivity index (χ1) is 24.1. The monoisotopic (exact) mass is 721 g/mol. The summed E-state index contributed by atoms with van der Waals surface area (Å²) < 4.78 is 23.3. The number of rotatable bonds is 14. The Labute approximate surface area is 302 Å². The molecular weight excluding hydrogens is 681 g/mol. The van der Waals surface area contributed by atoms with E-state index in [0.29, 0.717) is 45.4 Å². The third-order valence-corrected chi connectivity index (χ3v) is 9.47. The molecule has 12 heteroatoms. The molecule has 1 aromatic heterocycles. The molecule has 5 rings (SSSR count). The van der Waals surface area contributed by atoms with Crippen LogP contribution in [0.3, 0.4) is 0 Å². The third-order valence-electron chi connectivity index (χ3n) is 8.82. The van der Waals surface area contributed by atoms with Crippen molar-refractivity contribution in [3.63, 3.8) is 0 Å². The number of piperidine rings is 1. The van der Waals surface area contributed by atoms with E-state index in [1.165, 1.54) is 26.6 Å². The third kappa shape index (κ3) is 9.66. The molecule has 1 saturated heterocycles. The second-order valence-corrected chi connectivity index (χ2v) is 13.1. The Hall–Kier alpha value is -4.35. The number of hydrogen-bond acceptors (Lipinski definition) is 9. The number of nitrogens with zero attached hydrogens (tertiary/aromatic N) is 2. The van der Waals surface area contributed by atoms with Crippen molar-refractivity contribution in [1.82, 2.24) is 10.2 Å². The fourth-order valence-corrected chi connectivity index (χ4v) is 6.51. The standard InChI is InChI=1S/C38H41Cl2N3O7/c1-42-16-14-25(15-17-42)24-49-38(45)36(27-9-5-4-6-10-27)41-21-26-8-7-11-29(18-26)37(44)50-34(20-30-31(39)22-43(46)23-32(30)40)28-12-13-33(47-2)35(19-28)48-3/h4-13,18-19,22-23,25,34,36,41H,14-17,20-21,24H2,1-3H3/t34-,36?/m0/s1. The summed E-state index contributed by atoms with van der Waals surface area (Å²) in [4.78, 5) is 29.4. The molecule has 0 aliphatic carbocycles. The number of nitrogens with one attached hydrogen (secondary N) is 1. The van der Waals surface area contributed by atoms with Crippen molar-refractivity contribution in [2.75, 3.05) is 41.0 Å². The number of aromatic nitrogens is 1. The molecule has 0 bridgehead atoms. The van der Waals surface area contributed by atoms with E-state index in [4.69, 9.17) is 42.1 Å². The molecule has 0 amide bonds. The van der Waals surface area contributed by atoms with Gasteiger partial charge in [-0.3, -0.25) is 5.32 Å². The van der Waals surface area contributed by atoms with Gasteiger partial charge in [0.25, 0.3) is 0 Å². The molecule has 4 aromatic rings. The van der Waals surface area contributed by atoms with Crippen LogP contribution in [0.25, 0.3) is 0 Å². The Morgan fingerprint density at radius 3 is 2.30 bits per heavy atom. The summed E-state index contributed by atoms with van der Waals surface area (Å²) in [7, 11) is 5.14. The lowest BCUT2D eigenvalue weighted by molar-refractivity contribution is -0.605. The fraction of sp³-hybridized carbons (Fsp3) is 0.342. The van der Waals surface area contributed by atoms with E-state index in [-0.39, 0.29) is 29.0 Å². The molecule has 2 atom stereocenters. The van der Waals surface area contributed by atoms with Crippen molar-refractivity contribution < 1.29 is 33.3 Å². The zero-order valence-electron chi connectivity index (χ0n) is 28.3. The number of pyridine rings is 1. The Bertz CT molecular complexity index is 1740. The average molecular weight is 723 g/mol. The van der Waals surface area contributed by atoms with Gasteiger partial charge in [0.1, 0.15) is 22.2 Å². The van der Waals surface area contributed by atoms with Gasteiger partial charge >= 0.3 is 11.9 Å². The smallest absolute Gasteiger partial charge is 0.338 e. The Kier molecular flexibility index (Phi) is 12.9. The van der Waals surface area contributed by atoms with Crippen LogP contribution in [0.2, 0.25) is 10.0 Å². The molecule has 1 unspecified atom stereocenters. The molecule has 1 N–H and O–H groups in total. The molecule has 1 fully saturated rings. The summed E-state index contributed by atoms with van der Waals surface area (Å²) in [6.07, 6.45) is 3.60. The number of carbonyl (C=O) groups is 2. The van der Waals surface area contributed by atoms with Crippen LogP contribution in [0.1, 0.15) is 57.6 Å². The van der Waals surface area contributed by atoms with Gasteiger partial charge in [-0.15, -0.1) is 0 Å². The topological polar surface area (TPSA) is 113 Å². The molecule has 0 saturated carbocycles. The van der Waals surface area contributed by atoms with Crippen LogP contribution in [-0.2, 0) is 27.2 Å². The van der Waals surface area contributed by atoms with Crippen LogP contribution in [0.4, 0.5) is 0 Å². The fourth-order valence-electron chi connectivity index (χ4n) is 5.91. The zero-order valence-corrected chi connectivity index (χ0v) is 29.8. The predicted molar refractivity (Wildman–Crippen MR) is 190 cm³/mol. The largest absolute Gasteiger partial charge is 0.619 e. The molecular formula is C38H41Cl2N3O7. The number of likely N-dealkylation sites (tertiary alicyclic amines) is 1. The van der Waals surface area contributed by atoms with Crippen LogP contribution in [-0.4, -0.2) is 57.8 Å². The van der Waals surface area contributed by atoms with Crippen LogP contribution in [0.15, 0.2) is 85.2 Å². The van der Waals surface area contributed by atoms with Crippen LogP contribution < -0.4 is 19.5 Å². The van der Waals surface area contributed by atoms with E-state index in [1.807, 2.05) is 36.4 Å². The lowest BCUT2D eigenvalue weighted by Gasteiger charge is -2.29.